The number of anilines is 1. The number of amides is 1. The Labute approximate surface area is 185 Å². The van der Waals surface area contributed by atoms with E-state index in [2.05, 4.69) is 58.1 Å². The summed E-state index contributed by atoms with van der Waals surface area (Å²) in [4.78, 5) is 19.4. The first-order valence-electron chi connectivity index (χ1n) is 11.4. The lowest BCUT2D eigenvalue weighted by molar-refractivity contribution is -0.116. The number of aliphatic imine (C=N–C) groups is 1. The third-order valence-electron chi connectivity index (χ3n) is 6.07. The van der Waals surface area contributed by atoms with Gasteiger partial charge in [0.1, 0.15) is 0 Å². The van der Waals surface area contributed by atoms with Crippen LogP contribution in [0.5, 0.6) is 0 Å². The predicted octanol–water partition coefficient (Wildman–Crippen LogP) is 3.12. The molecule has 0 spiro atoms. The topological polar surface area (TPSA) is 68.8 Å². The van der Waals surface area contributed by atoms with Gasteiger partial charge < -0.3 is 16.0 Å². The minimum atomic E-state index is 0.0694. The third kappa shape index (κ3) is 5.64. The molecular weight excluding hydrogens is 386 g/mol. The van der Waals surface area contributed by atoms with Crippen molar-refractivity contribution < 1.29 is 4.79 Å². The van der Waals surface area contributed by atoms with Crippen LogP contribution in [0.2, 0.25) is 0 Å². The maximum Gasteiger partial charge on any atom is 0.225 e. The molecule has 6 heteroatoms. The van der Waals surface area contributed by atoms with Crippen molar-refractivity contribution in [3.8, 4) is 0 Å². The number of carbonyl (C=O) groups is 1. The van der Waals surface area contributed by atoms with Crippen molar-refractivity contribution in [3.63, 3.8) is 0 Å². The van der Waals surface area contributed by atoms with E-state index in [9.17, 15) is 4.79 Å². The second-order valence-corrected chi connectivity index (χ2v) is 8.33. The first-order valence-corrected chi connectivity index (χ1v) is 11.4. The lowest BCUT2D eigenvalue weighted by atomic mass is 9.91. The Kier molecular flexibility index (Phi) is 7.20. The van der Waals surface area contributed by atoms with E-state index in [1.54, 1.807) is 0 Å². The van der Waals surface area contributed by atoms with Gasteiger partial charge in [-0.2, -0.15) is 0 Å². The lowest BCUT2D eigenvalue weighted by Crippen LogP contribution is -2.39. The lowest BCUT2D eigenvalue weighted by Gasteiger charge is -2.28. The van der Waals surface area contributed by atoms with E-state index in [0.29, 0.717) is 13.0 Å². The van der Waals surface area contributed by atoms with Crippen LogP contribution in [0.25, 0.3) is 0 Å². The van der Waals surface area contributed by atoms with E-state index in [1.807, 2.05) is 18.2 Å². The van der Waals surface area contributed by atoms with E-state index in [4.69, 9.17) is 4.99 Å². The van der Waals surface area contributed by atoms with Gasteiger partial charge in [-0.05, 0) is 42.5 Å². The first kappa shape index (κ1) is 21.4. The van der Waals surface area contributed by atoms with E-state index < -0.39 is 0 Å². The van der Waals surface area contributed by atoms with Gasteiger partial charge in [0.2, 0.25) is 5.91 Å². The van der Waals surface area contributed by atoms with Crippen molar-refractivity contribution in [1.29, 1.82) is 0 Å². The van der Waals surface area contributed by atoms with Crippen molar-refractivity contribution in [3.05, 3.63) is 65.2 Å². The number of hydrogen-bond acceptors (Lipinski definition) is 3. The number of carbonyl (C=O) groups excluding carboxylic acids is 1. The first-order chi connectivity index (χ1) is 15.2. The van der Waals surface area contributed by atoms with Crippen LogP contribution < -0.4 is 16.0 Å². The summed E-state index contributed by atoms with van der Waals surface area (Å²) >= 11 is 0. The standard InChI is InChI=1S/C25H33N5O/c1-2-26-25(28-17-21-16-24(31)29-23-11-6-5-10-22(21)23)27-13-7-14-30-15-12-19-8-3-4-9-20(19)18-30/h3-6,8-11,21H,2,7,12-18H2,1H3,(H,29,31)(H2,26,27,28). The van der Waals surface area contributed by atoms with Crippen molar-refractivity contribution in [2.45, 2.75) is 38.6 Å². The van der Waals surface area contributed by atoms with Gasteiger partial charge in [-0.15, -0.1) is 0 Å². The molecule has 0 bridgehead atoms. The summed E-state index contributed by atoms with van der Waals surface area (Å²) in [5.41, 5.74) is 5.05. The molecule has 2 aliphatic heterocycles. The van der Waals surface area contributed by atoms with Crippen LogP contribution in [0.15, 0.2) is 53.5 Å². The van der Waals surface area contributed by atoms with Crippen LogP contribution in [0.3, 0.4) is 0 Å². The zero-order valence-electron chi connectivity index (χ0n) is 18.4. The molecule has 0 saturated heterocycles. The van der Waals surface area contributed by atoms with E-state index in [1.165, 1.54) is 16.7 Å². The molecule has 1 unspecified atom stereocenters. The predicted molar refractivity (Wildman–Crippen MR) is 126 cm³/mol. The summed E-state index contributed by atoms with van der Waals surface area (Å²) in [6, 6.07) is 16.8. The summed E-state index contributed by atoms with van der Waals surface area (Å²) in [7, 11) is 0. The minimum Gasteiger partial charge on any atom is -0.357 e. The van der Waals surface area contributed by atoms with Gasteiger partial charge in [-0.3, -0.25) is 14.7 Å². The Morgan fingerprint density at radius 1 is 1.13 bits per heavy atom. The normalized spacial score (nSPS) is 18.7. The van der Waals surface area contributed by atoms with Crippen molar-refractivity contribution in [2.75, 3.05) is 38.0 Å². The number of benzene rings is 2. The van der Waals surface area contributed by atoms with Gasteiger partial charge in [-0.25, -0.2) is 0 Å². The maximum absolute atomic E-state index is 12.0. The molecule has 0 aliphatic carbocycles. The molecule has 0 fully saturated rings. The second kappa shape index (κ2) is 10.4. The van der Waals surface area contributed by atoms with Crippen LogP contribution in [0, 0.1) is 0 Å². The van der Waals surface area contributed by atoms with E-state index in [-0.39, 0.29) is 11.8 Å². The molecule has 0 aromatic heterocycles. The highest BCUT2D eigenvalue weighted by Crippen LogP contribution is 2.31. The molecular formula is C25H33N5O. The molecule has 0 saturated carbocycles. The number of nitrogens with one attached hydrogen (secondary N) is 3. The Morgan fingerprint density at radius 3 is 2.81 bits per heavy atom. The molecule has 3 N–H and O–H groups in total. The quantitative estimate of drug-likeness (QED) is 0.366. The number of fused-ring (bicyclic) bond motifs is 2. The summed E-state index contributed by atoms with van der Waals surface area (Å²) < 4.78 is 0. The highest BCUT2D eigenvalue weighted by Gasteiger charge is 2.24. The fourth-order valence-electron chi connectivity index (χ4n) is 4.46. The number of hydrogen-bond donors (Lipinski definition) is 3. The summed E-state index contributed by atoms with van der Waals surface area (Å²) in [6.07, 6.45) is 2.70. The Hall–Kier alpha value is -2.86. The smallest absolute Gasteiger partial charge is 0.225 e. The highest BCUT2D eigenvalue weighted by molar-refractivity contribution is 5.94. The molecule has 4 rings (SSSR count). The fraction of sp³-hybridized carbons (Fsp3) is 0.440. The molecule has 6 nitrogen and oxygen atoms in total. The second-order valence-electron chi connectivity index (χ2n) is 8.33. The highest BCUT2D eigenvalue weighted by atomic mass is 16.1. The molecule has 2 aliphatic rings. The fourth-order valence-corrected chi connectivity index (χ4v) is 4.46. The van der Waals surface area contributed by atoms with Crippen LogP contribution >= 0.6 is 0 Å². The Morgan fingerprint density at radius 2 is 1.94 bits per heavy atom. The van der Waals surface area contributed by atoms with Crippen LogP contribution in [0.1, 0.15) is 42.4 Å². The number of guanidine groups is 1. The summed E-state index contributed by atoms with van der Waals surface area (Å²) in [6.45, 7) is 7.63. The number of rotatable bonds is 7. The van der Waals surface area contributed by atoms with Gasteiger partial charge in [0.15, 0.2) is 5.96 Å². The van der Waals surface area contributed by atoms with Gasteiger partial charge in [-0.1, -0.05) is 42.5 Å². The third-order valence-corrected chi connectivity index (χ3v) is 6.07. The molecule has 164 valence electrons. The molecule has 2 aromatic carbocycles. The Balaban J connectivity index is 1.27. The minimum absolute atomic E-state index is 0.0694. The van der Waals surface area contributed by atoms with E-state index in [0.717, 1.165) is 57.2 Å². The van der Waals surface area contributed by atoms with Crippen LogP contribution in [-0.4, -0.2) is 49.5 Å². The zero-order chi connectivity index (χ0) is 21.5. The zero-order valence-corrected chi connectivity index (χ0v) is 18.4. The van der Waals surface area contributed by atoms with Gasteiger partial charge >= 0.3 is 0 Å². The molecule has 0 radical (unpaired) electrons. The summed E-state index contributed by atoms with van der Waals surface area (Å²) in [5, 5.41) is 9.76. The van der Waals surface area contributed by atoms with Crippen LogP contribution in [0.4, 0.5) is 5.69 Å². The van der Waals surface area contributed by atoms with Crippen molar-refractivity contribution in [2.24, 2.45) is 4.99 Å². The van der Waals surface area contributed by atoms with Crippen molar-refractivity contribution in [1.82, 2.24) is 15.5 Å². The average Bonchev–Trinajstić information content (AvgIpc) is 2.79. The van der Waals surface area contributed by atoms with E-state index >= 15 is 0 Å². The molecule has 2 heterocycles. The van der Waals surface area contributed by atoms with Gasteiger partial charge in [0.25, 0.3) is 0 Å². The van der Waals surface area contributed by atoms with Gasteiger partial charge in [0, 0.05) is 50.7 Å². The van der Waals surface area contributed by atoms with Crippen LogP contribution in [-0.2, 0) is 17.8 Å². The van der Waals surface area contributed by atoms with Gasteiger partial charge in [0.05, 0.1) is 6.54 Å². The number of para-hydroxylation sites is 1. The largest absolute Gasteiger partial charge is 0.357 e. The average molecular weight is 420 g/mol. The molecule has 31 heavy (non-hydrogen) atoms. The number of nitrogens with zero attached hydrogens (tertiary/aromatic N) is 2. The SMILES string of the molecule is CCNC(=NCC1CC(=O)Nc2ccccc21)NCCCN1CCc2ccccc2C1. The Bertz CT molecular complexity index is 926. The molecule has 2 aromatic rings. The maximum atomic E-state index is 12.0. The molecule has 1 amide bonds. The molecule has 1 atom stereocenters. The monoisotopic (exact) mass is 419 g/mol. The summed E-state index contributed by atoms with van der Waals surface area (Å²) in [5.74, 6) is 1.02. The van der Waals surface area contributed by atoms with Crippen molar-refractivity contribution >= 4 is 17.6 Å².